The molecule has 0 atom stereocenters. The molecule has 0 spiro atoms. The maximum absolute atomic E-state index is 12.6. The van der Waals surface area contributed by atoms with Crippen LogP contribution in [0.25, 0.3) is 0 Å². The summed E-state index contributed by atoms with van der Waals surface area (Å²) in [7, 11) is -1.98. The number of nitrogens with zero attached hydrogens (tertiary/aromatic N) is 1. The highest BCUT2D eigenvalue weighted by molar-refractivity contribution is 7.92. The Kier molecular flexibility index (Phi) is 4.69. The molecule has 1 aromatic carbocycles. The Hall–Kier alpha value is -1.79. The normalized spacial score (nSPS) is 11.8. The van der Waals surface area contributed by atoms with E-state index < -0.39 is 10.0 Å². The van der Waals surface area contributed by atoms with E-state index in [1.54, 1.807) is 25.2 Å². The van der Waals surface area contributed by atoms with Gasteiger partial charge >= 0.3 is 0 Å². The van der Waals surface area contributed by atoms with Gasteiger partial charge in [-0.3, -0.25) is 4.31 Å². The molecule has 0 aliphatic carbocycles. The average molecular weight is 307 g/mol. The van der Waals surface area contributed by atoms with E-state index in [1.807, 2.05) is 32.0 Å². The molecular formula is C15H21N3O2S. The van der Waals surface area contributed by atoms with Gasteiger partial charge < -0.3 is 10.3 Å². The van der Waals surface area contributed by atoms with Crippen molar-refractivity contribution < 1.29 is 8.42 Å². The molecule has 6 heteroatoms. The molecule has 2 aromatic rings. The first-order chi connectivity index (χ1) is 9.91. The van der Waals surface area contributed by atoms with Gasteiger partial charge in [-0.25, -0.2) is 8.42 Å². The molecule has 21 heavy (non-hydrogen) atoms. The minimum atomic E-state index is -3.54. The molecule has 1 heterocycles. The number of nitrogens with one attached hydrogen (secondary N) is 2. The summed E-state index contributed by atoms with van der Waals surface area (Å²) in [6.45, 7) is 4.70. The zero-order valence-electron chi connectivity index (χ0n) is 12.5. The number of hydrogen-bond acceptors (Lipinski definition) is 3. The third kappa shape index (κ3) is 3.65. The van der Waals surface area contributed by atoms with Gasteiger partial charge in [-0.05, 0) is 18.2 Å². The van der Waals surface area contributed by atoms with Gasteiger partial charge in [-0.15, -0.1) is 0 Å². The van der Waals surface area contributed by atoms with E-state index in [2.05, 4.69) is 10.3 Å². The molecule has 0 saturated heterocycles. The maximum Gasteiger partial charge on any atom is 0.265 e. The highest BCUT2D eigenvalue weighted by Gasteiger charge is 2.22. The van der Waals surface area contributed by atoms with Gasteiger partial charge in [-0.2, -0.15) is 0 Å². The van der Waals surface area contributed by atoms with Crippen molar-refractivity contribution in [3.05, 3.63) is 48.3 Å². The van der Waals surface area contributed by atoms with Crippen LogP contribution in [0.5, 0.6) is 0 Å². The minimum Gasteiger partial charge on any atom is -0.363 e. The van der Waals surface area contributed by atoms with E-state index in [-0.39, 0.29) is 4.90 Å². The molecule has 2 rings (SSSR count). The van der Waals surface area contributed by atoms with Crippen LogP contribution in [-0.2, 0) is 16.6 Å². The third-order valence-corrected chi connectivity index (χ3v) is 4.96. The molecule has 114 valence electrons. The Balaban J connectivity index is 2.20. The lowest BCUT2D eigenvalue weighted by Gasteiger charge is -2.18. The van der Waals surface area contributed by atoms with Gasteiger partial charge in [0, 0.05) is 31.5 Å². The number of aromatic nitrogens is 1. The molecule has 0 fully saturated rings. The fraction of sp³-hybridized carbons (Fsp3) is 0.333. The lowest BCUT2D eigenvalue weighted by Crippen LogP contribution is -2.26. The highest BCUT2D eigenvalue weighted by atomic mass is 32.2. The lowest BCUT2D eigenvalue weighted by atomic mass is 10.3. The molecule has 0 saturated carbocycles. The van der Waals surface area contributed by atoms with Crippen LogP contribution in [0.1, 0.15) is 19.5 Å². The molecule has 0 amide bonds. The van der Waals surface area contributed by atoms with E-state index in [0.717, 1.165) is 5.69 Å². The molecule has 0 aliphatic heterocycles. The molecule has 5 nitrogen and oxygen atoms in total. The summed E-state index contributed by atoms with van der Waals surface area (Å²) in [5.74, 6) is 0. The monoisotopic (exact) mass is 307 g/mol. The van der Waals surface area contributed by atoms with Crippen molar-refractivity contribution in [3.63, 3.8) is 0 Å². The van der Waals surface area contributed by atoms with Crippen molar-refractivity contribution in [1.82, 2.24) is 10.3 Å². The van der Waals surface area contributed by atoms with Crippen LogP contribution >= 0.6 is 0 Å². The van der Waals surface area contributed by atoms with E-state index in [0.29, 0.717) is 18.3 Å². The predicted molar refractivity (Wildman–Crippen MR) is 84.8 cm³/mol. The summed E-state index contributed by atoms with van der Waals surface area (Å²) in [6, 6.07) is 11.0. The van der Waals surface area contributed by atoms with E-state index in [9.17, 15) is 8.42 Å². The van der Waals surface area contributed by atoms with E-state index in [1.165, 1.54) is 10.5 Å². The van der Waals surface area contributed by atoms with Crippen molar-refractivity contribution in [2.24, 2.45) is 0 Å². The van der Waals surface area contributed by atoms with Crippen molar-refractivity contribution >= 4 is 15.7 Å². The number of H-pyrrole nitrogens is 1. The number of benzene rings is 1. The second-order valence-corrected chi connectivity index (χ2v) is 7.17. The van der Waals surface area contributed by atoms with Crippen molar-refractivity contribution in [2.45, 2.75) is 31.3 Å². The zero-order valence-corrected chi connectivity index (χ0v) is 13.3. The Bertz CT molecular complexity index is 678. The van der Waals surface area contributed by atoms with Crippen LogP contribution < -0.4 is 9.62 Å². The van der Waals surface area contributed by atoms with Crippen LogP contribution in [0.4, 0.5) is 5.69 Å². The van der Waals surface area contributed by atoms with Gasteiger partial charge in [0.05, 0.1) is 5.69 Å². The molecule has 0 bridgehead atoms. The molecule has 1 aromatic heterocycles. The van der Waals surface area contributed by atoms with E-state index >= 15 is 0 Å². The topological polar surface area (TPSA) is 65.2 Å². The Labute approximate surface area is 126 Å². The molecule has 2 N–H and O–H groups in total. The standard InChI is InChI=1S/C15H21N3O2S/c1-12(2)16-10-13-9-15(11-17-13)21(19,20)18(3)14-7-5-4-6-8-14/h4-9,11-12,16-17H,10H2,1-3H3. The summed E-state index contributed by atoms with van der Waals surface area (Å²) >= 11 is 0. The number of rotatable bonds is 6. The maximum atomic E-state index is 12.6. The number of aromatic amines is 1. The first-order valence-electron chi connectivity index (χ1n) is 6.86. The van der Waals surface area contributed by atoms with Crippen molar-refractivity contribution in [2.75, 3.05) is 11.4 Å². The van der Waals surface area contributed by atoms with Crippen LogP contribution in [0.3, 0.4) is 0 Å². The summed E-state index contributed by atoms with van der Waals surface area (Å²) < 4.78 is 26.4. The molecule has 0 aliphatic rings. The lowest BCUT2D eigenvalue weighted by molar-refractivity contribution is 0.582. The molecule has 0 unspecified atom stereocenters. The van der Waals surface area contributed by atoms with E-state index in [4.69, 9.17) is 0 Å². The first-order valence-corrected chi connectivity index (χ1v) is 8.30. The Morgan fingerprint density at radius 1 is 1.24 bits per heavy atom. The summed E-state index contributed by atoms with van der Waals surface area (Å²) in [4.78, 5) is 3.28. The van der Waals surface area contributed by atoms with Gasteiger partial charge in [-0.1, -0.05) is 32.0 Å². The summed E-state index contributed by atoms with van der Waals surface area (Å²) in [5.41, 5.74) is 1.49. The number of anilines is 1. The van der Waals surface area contributed by atoms with Crippen LogP contribution in [0.2, 0.25) is 0 Å². The van der Waals surface area contributed by atoms with Gasteiger partial charge in [0.1, 0.15) is 4.90 Å². The molecule has 0 radical (unpaired) electrons. The minimum absolute atomic E-state index is 0.273. The van der Waals surface area contributed by atoms with Crippen LogP contribution in [-0.4, -0.2) is 26.5 Å². The third-order valence-electron chi connectivity index (χ3n) is 3.20. The van der Waals surface area contributed by atoms with Crippen molar-refractivity contribution in [3.8, 4) is 0 Å². The summed E-state index contributed by atoms with van der Waals surface area (Å²) in [6.07, 6.45) is 1.53. The highest BCUT2D eigenvalue weighted by Crippen LogP contribution is 2.22. The van der Waals surface area contributed by atoms with Gasteiger partial charge in [0.25, 0.3) is 10.0 Å². The smallest absolute Gasteiger partial charge is 0.265 e. The fourth-order valence-corrected chi connectivity index (χ4v) is 3.13. The SMILES string of the molecule is CC(C)NCc1cc(S(=O)(=O)N(C)c2ccccc2)c[nH]1. The van der Waals surface area contributed by atoms with Gasteiger partial charge in [0.15, 0.2) is 0 Å². The zero-order chi connectivity index (χ0) is 15.5. The first kappa shape index (κ1) is 15.6. The number of sulfonamides is 1. The van der Waals surface area contributed by atoms with Crippen LogP contribution in [0, 0.1) is 0 Å². The Morgan fingerprint density at radius 3 is 2.52 bits per heavy atom. The second-order valence-electron chi connectivity index (χ2n) is 5.20. The predicted octanol–water partition coefficient (Wildman–Crippen LogP) is 2.34. The Morgan fingerprint density at radius 2 is 1.90 bits per heavy atom. The number of para-hydroxylation sites is 1. The molecular weight excluding hydrogens is 286 g/mol. The number of hydrogen-bond donors (Lipinski definition) is 2. The fourth-order valence-electron chi connectivity index (χ4n) is 1.92. The summed E-state index contributed by atoms with van der Waals surface area (Å²) in [5, 5.41) is 3.25. The van der Waals surface area contributed by atoms with Crippen molar-refractivity contribution in [1.29, 1.82) is 0 Å². The van der Waals surface area contributed by atoms with Crippen LogP contribution in [0.15, 0.2) is 47.5 Å². The van der Waals surface area contributed by atoms with Gasteiger partial charge in [0.2, 0.25) is 0 Å². The largest absolute Gasteiger partial charge is 0.363 e. The quantitative estimate of drug-likeness (QED) is 0.861. The second kappa shape index (κ2) is 6.32. The average Bonchev–Trinajstić information content (AvgIpc) is 2.95.